The molecule has 0 amide bonds. The minimum atomic E-state index is -4.45. The lowest BCUT2D eigenvalue weighted by Crippen LogP contribution is -2.06. The molecule has 0 spiro atoms. The topological polar surface area (TPSA) is 77.2 Å². The summed E-state index contributed by atoms with van der Waals surface area (Å²) in [5.41, 5.74) is 7.23. The molecule has 3 rings (SSSR count). The number of nitrogens with one attached hydrogen (secondary N) is 1. The van der Waals surface area contributed by atoms with Gasteiger partial charge in [-0.1, -0.05) is 6.07 Å². The van der Waals surface area contributed by atoms with Crippen LogP contribution in [0.3, 0.4) is 0 Å². The van der Waals surface area contributed by atoms with E-state index in [1.807, 2.05) is 0 Å². The highest BCUT2D eigenvalue weighted by Gasteiger charge is 2.30. The second-order valence-corrected chi connectivity index (χ2v) is 5.92. The van der Waals surface area contributed by atoms with Gasteiger partial charge in [-0.15, -0.1) is 0 Å². The predicted octanol–water partition coefficient (Wildman–Crippen LogP) is 4.88. The molecule has 0 radical (unpaired) electrons. The van der Waals surface area contributed by atoms with Gasteiger partial charge in [-0.3, -0.25) is 0 Å². The molecule has 8 heteroatoms. The van der Waals surface area contributed by atoms with Crippen LogP contribution < -0.4 is 11.1 Å². The van der Waals surface area contributed by atoms with Crippen molar-refractivity contribution in [2.24, 2.45) is 0 Å². The average molecular weight is 387 g/mol. The predicted molar refractivity (Wildman–Crippen MR) is 100 cm³/mol. The summed E-state index contributed by atoms with van der Waals surface area (Å²) in [6.45, 7) is 0. The number of hydrogen-bond donors (Lipinski definition) is 2. The summed E-state index contributed by atoms with van der Waals surface area (Å²) in [4.78, 5) is 15.8. The minimum Gasteiger partial charge on any atom is -0.465 e. The van der Waals surface area contributed by atoms with Gasteiger partial charge >= 0.3 is 12.1 Å². The van der Waals surface area contributed by atoms with E-state index in [9.17, 15) is 18.0 Å². The first-order valence-corrected chi connectivity index (χ1v) is 8.16. The quantitative estimate of drug-likeness (QED) is 0.624. The van der Waals surface area contributed by atoms with Gasteiger partial charge in [-0.2, -0.15) is 13.2 Å². The number of methoxy groups -OCH3 is 1. The number of carbonyl (C=O) groups is 1. The third-order valence-corrected chi connectivity index (χ3v) is 4.00. The number of halogens is 3. The zero-order valence-corrected chi connectivity index (χ0v) is 14.7. The second-order valence-electron chi connectivity index (χ2n) is 5.92. The summed E-state index contributed by atoms with van der Waals surface area (Å²) >= 11 is 0. The Labute approximate surface area is 159 Å². The molecule has 0 saturated heterocycles. The molecule has 28 heavy (non-hydrogen) atoms. The van der Waals surface area contributed by atoms with Gasteiger partial charge in [0.1, 0.15) is 5.82 Å². The number of esters is 1. The molecule has 2 aromatic carbocycles. The van der Waals surface area contributed by atoms with Crippen molar-refractivity contribution in [1.82, 2.24) is 4.98 Å². The van der Waals surface area contributed by atoms with E-state index >= 15 is 0 Å². The average Bonchev–Trinajstić information content (AvgIpc) is 2.67. The van der Waals surface area contributed by atoms with E-state index in [2.05, 4.69) is 10.3 Å². The molecular formula is C20H16F3N3O2. The van der Waals surface area contributed by atoms with Crippen molar-refractivity contribution < 1.29 is 22.7 Å². The number of hydrogen-bond acceptors (Lipinski definition) is 5. The number of ether oxygens (including phenoxy) is 1. The maximum atomic E-state index is 13.0. The molecule has 0 unspecified atom stereocenters. The number of alkyl halides is 3. The van der Waals surface area contributed by atoms with Crippen molar-refractivity contribution in [3.8, 4) is 11.1 Å². The van der Waals surface area contributed by atoms with Crippen LogP contribution in [0.25, 0.3) is 11.1 Å². The molecule has 0 atom stereocenters. The Morgan fingerprint density at radius 1 is 1.11 bits per heavy atom. The number of benzene rings is 2. The van der Waals surface area contributed by atoms with Gasteiger partial charge in [0, 0.05) is 23.1 Å². The van der Waals surface area contributed by atoms with Crippen LogP contribution in [-0.2, 0) is 10.9 Å². The van der Waals surface area contributed by atoms with Crippen LogP contribution >= 0.6 is 0 Å². The van der Waals surface area contributed by atoms with Crippen molar-refractivity contribution >= 4 is 23.2 Å². The van der Waals surface area contributed by atoms with Gasteiger partial charge < -0.3 is 15.8 Å². The van der Waals surface area contributed by atoms with E-state index in [0.29, 0.717) is 22.4 Å². The van der Waals surface area contributed by atoms with Crippen molar-refractivity contribution in [3.05, 3.63) is 71.9 Å². The molecular weight excluding hydrogens is 371 g/mol. The zero-order valence-electron chi connectivity index (χ0n) is 14.7. The number of nitrogens with two attached hydrogens (primary N) is 1. The van der Waals surface area contributed by atoms with E-state index in [4.69, 9.17) is 10.5 Å². The van der Waals surface area contributed by atoms with Crippen LogP contribution in [-0.4, -0.2) is 18.1 Å². The number of pyridine rings is 1. The van der Waals surface area contributed by atoms with Crippen LogP contribution in [0, 0.1) is 0 Å². The summed E-state index contributed by atoms with van der Waals surface area (Å²) in [5.74, 6) is -0.264. The molecule has 5 nitrogen and oxygen atoms in total. The van der Waals surface area contributed by atoms with Crippen LogP contribution in [0.1, 0.15) is 15.9 Å². The third-order valence-electron chi connectivity index (χ3n) is 4.00. The molecule has 0 fully saturated rings. The van der Waals surface area contributed by atoms with E-state index in [0.717, 1.165) is 12.1 Å². The zero-order chi connectivity index (χ0) is 20.3. The fourth-order valence-electron chi connectivity index (χ4n) is 2.68. The van der Waals surface area contributed by atoms with Crippen molar-refractivity contribution in [2.75, 3.05) is 18.2 Å². The Hall–Kier alpha value is -3.55. The Balaban J connectivity index is 2.07. The molecule has 144 valence electrons. The lowest BCUT2D eigenvalue weighted by molar-refractivity contribution is -0.137. The molecule has 3 aromatic rings. The highest BCUT2D eigenvalue weighted by Crippen LogP contribution is 2.35. The lowest BCUT2D eigenvalue weighted by atomic mass is 10.0. The number of aromatic nitrogens is 1. The number of rotatable bonds is 4. The van der Waals surface area contributed by atoms with E-state index in [1.165, 1.54) is 31.5 Å². The Morgan fingerprint density at radius 3 is 2.57 bits per heavy atom. The maximum Gasteiger partial charge on any atom is 0.416 e. The minimum absolute atomic E-state index is 0.254. The first kappa shape index (κ1) is 19.2. The Kier molecular flexibility index (Phi) is 5.21. The van der Waals surface area contributed by atoms with Crippen molar-refractivity contribution in [3.63, 3.8) is 0 Å². The van der Waals surface area contributed by atoms with Gasteiger partial charge in [0.25, 0.3) is 0 Å². The smallest absolute Gasteiger partial charge is 0.416 e. The maximum absolute atomic E-state index is 13.0. The monoisotopic (exact) mass is 387 g/mol. The van der Waals surface area contributed by atoms with Gasteiger partial charge in [0.2, 0.25) is 0 Å². The second kappa shape index (κ2) is 7.59. The highest BCUT2D eigenvalue weighted by molar-refractivity contribution is 5.94. The normalized spacial score (nSPS) is 11.1. The number of nitrogens with zero attached hydrogens (tertiary/aromatic N) is 1. The fourth-order valence-corrected chi connectivity index (χ4v) is 2.68. The highest BCUT2D eigenvalue weighted by atomic mass is 19.4. The standard InChI is InChI=1S/C20H16F3N3O2/c1-28-19(27)13-5-6-17(16(9-13)12-7-8-25-18(24)10-12)26-15-4-2-3-14(11-15)20(21,22)23/h2-11,26H,1H3,(H2,24,25). The summed E-state index contributed by atoms with van der Waals surface area (Å²) < 4.78 is 43.7. The van der Waals surface area contributed by atoms with Gasteiger partial charge in [0.15, 0.2) is 0 Å². The molecule has 3 N–H and O–H groups in total. The Bertz CT molecular complexity index is 1020. The molecule has 1 aromatic heterocycles. The molecule has 1 heterocycles. The first-order chi connectivity index (χ1) is 13.3. The molecule has 0 aliphatic carbocycles. The van der Waals surface area contributed by atoms with Crippen LogP contribution in [0.5, 0.6) is 0 Å². The summed E-state index contributed by atoms with van der Waals surface area (Å²) in [5, 5.41) is 2.97. The summed E-state index contributed by atoms with van der Waals surface area (Å²) in [7, 11) is 1.27. The van der Waals surface area contributed by atoms with Crippen molar-refractivity contribution in [1.29, 1.82) is 0 Å². The summed E-state index contributed by atoms with van der Waals surface area (Å²) in [6.07, 6.45) is -2.95. The molecule has 0 aliphatic rings. The van der Waals surface area contributed by atoms with Gasteiger partial charge in [-0.05, 0) is 54.1 Å². The van der Waals surface area contributed by atoms with Crippen LogP contribution in [0.2, 0.25) is 0 Å². The van der Waals surface area contributed by atoms with E-state index in [1.54, 1.807) is 24.3 Å². The lowest BCUT2D eigenvalue weighted by Gasteiger charge is -2.15. The number of anilines is 3. The third kappa shape index (κ3) is 4.22. The summed E-state index contributed by atoms with van der Waals surface area (Å²) in [6, 6.07) is 12.8. The fraction of sp³-hybridized carbons (Fsp3) is 0.100. The van der Waals surface area contributed by atoms with E-state index < -0.39 is 17.7 Å². The Morgan fingerprint density at radius 2 is 1.89 bits per heavy atom. The van der Waals surface area contributed by atoms with Crippen molar-refractivity contribution in [2.45, 2.75) is 6.18 Å². The largest absolute Gasteiger partial charge is 0.465 e. The molecule has 0 bridgehead atoms. The van der Waals surface area contributed by atoms with Gasteiger partial charge in [-0.25, -0.2) is 9.78 Å². The number of carbonyl (C=O) groups excluding carboxylic acids is 1. The van der Waals surface area contributed by atoms with Crippen LogP contribution in [0.15, 0.2) is 60.8 Å². The number of nitrogen functional groups attached to an aromatic ring is 1. The van der Waals surface area contributed by atoms with Gasteiger partial charge in [0.05, 0.1) is 18.2 Å². The SMILES string of the molecule is COC(=O)c1ccc(Nc2cccc(C(F)(F)F)c2)c(-c2ccnc(N)c2)c1. The molecule has 0 saturated carbocycles. The first-order valence-electron chi connectivity index (χ1n) is 8.16. The van der Waals surface area contributed by atoms with E-state index in [-0.39, 0.29) is 11.5 Å². The van der Waals surface area contributed by atoms with Crippen LogP contribution in [0.4, 0.5) is 30.4 Å². The molecule has 0 aliphatic heterocycles.